The molecule has 1 amide bonds. The highest BCUT2D eigenvalue weighted by molar-refractivity contribution is 7.92. The number of sulfonamides is 1. The monoisotopic (exact) mass is 481 g/mol. The molecule has 3 N–H and O–H groups in total. The Morgan fingerprint density at radius 1 is 1.19 bits per heavy atom. The number of amides is 1. The maximum Gasteiger partial charge on any atom is 0.264 e. The SMILES string of the molecule is O=C1Nc2ccc(S(=O)(=O)Nc3ncn[nH]3)cc2CC1CCOc1ccc(Cl)cc1Cl. The fourth-order valence-corrected chi connectivity index (χ4v) is 4.68. The van der Waals surface area contributed by atoms with Crippen LogP contribution in [0.4, 0.5) is 11.6 Å². The molecule has 0 aliphatic carbocycles. The summed E-state index contributed by atoms with van der Waals surface area (Å²) in [7, 11) is -3.86. The van der Waals surface area contributed by atoms with E-state index in [9.17, 15) is 13.2 Å². The van der Waals surface area contributed by atoms with Crippen LogP contribution in [-0.4, -0.2) is 36.1 Å². The van der Waals surface area contributed by atoms with Crippen LogP contribution in [0.25, 0.3) is 0 Å². The van der Waals surface area contributed by atoms with Crippen LogP contribution in [0.2, 0.25) is 10.0 Å². The molecule has 0 saturated carbocycles. The molecule has 12 heteroatoms. The van der Waals surface area contributed by atoms with Gasteiger partial charge in [-0.15, -0.1) is 0 Å². The molecule has 0 bridgehead atoms. The van der Waals surface area contributed by atoms with Crippen molar-refractivity contribution >= 4 is 50.8 Å². The molecule has 9 nitrogen and oxygen atoms in total. The van der Waals surface area contributed by atoms with E-state index in [1.165, 1.54) is 18.5 Å². The zero-order valence-electron chi connectivity index (χ0n) is 15.9. The second-order valence-electron chi connectivity index (χ2n) is 6.86. The second-order valence-corrected chi connectivity index (χ2v) is 9.39. The van der Waals surface area contributed by atoms with E-state index >= 15 is 0 Å². The van der Waals surface area contributed by atoms with Gasteiger partial charge in [0.2, 0.25) is 11.9 Å². The summed E-state index contributed by atoms with van der Waals surface area (Å²) in [6.07, 6.45) is 2.01. The van der Waals surface area contributed by atoms with Crippen molar-refractivity contribution in [3.8, 4) is 5.75 Å². The third-order valence-corrected chi connectivity index (χ3v) is 6.61. The molecule has 0 saturated heterocycles. The molecule has 0 radical (unpaired) electrons. The lowest BCUT2D eigenvalue weighted by Gasteiger charge is -2.25. The normalized spacial score (nSPS) is 15.8. The van der Waals surface area contributed by atoms with Crippen molar-refractivity contribution in [1.82, 2.24) is 15.2 Å². The van der Waals surface area contributed by atoms with Gasteiger partial charge in [-0.3, -0.25) is 4.79 Å². The maximum absolute atomic E-state index is 12.6. The molecular weight excluding hydrogens is 465 g/mol. The minimum atomic E-state index is -3.86. The van der Waals surface area contributed by atoms with E-state index in [0.717, 1.165) is 5.56 Å². The summed E-state index contributed by atoms with van der Waals surface area (Å²) in [5.74, 6) is -0.0241. The molecule has 1 aromatic heterocycles. The van der Waals surface area contributed by atoms with Crippen molar-refractivity contribution in [2.75, 3.05) is 16.6 Å². The van der Waals surface area contributed by atoms with Crippen LogP contribution in [0.5, 0.6) is 5.75 Å². The van der Waals surface area contributed by atoms with E-state index in [2.05, 4.69) is 25.2 Å². The number of benzene rings is 2. The fraction of sp³-hybridized carbons (Fsp3) is 0.211. The van der Waals surface area contributed by atoms with Gasteiger partial charge < -0.3 is 10.1 Å². The average Bonchev–Trinajstić information content (AvgIpc) is 3.22. The second kappa shape index (κ2) is 8.74. The summed E-state index contributed by atoms with van der Waals surface area (Å²) in [6, 6.07) is 9.45. The molecule has 1 aliphatic rings. The van der Waals surface area contributed by atoms with Crippen LogP contribution >= 0.6 is 23.2 Å². The van der Waals surface area contributed by atoms with Crippen molar-refractivity contribution in [3.05, 3.63) is 58.3 Å². The van der Waals surface area contributed by atoms with Crippen LogP contribution in [-0.2, 0) is 21.2 Å². The summed E-state index contributed by atoms with van der Waals surface area (Å²) >= 11 is 12.0. The number of aromatic amines is 1. The van der Waals surface area contributed by atoms with E-state index < -0.39 is 10.0 Å². The Morgan fingerprint density at radius 3 is 2.77 bits per heavy atom. The molecule has 1 unspecified atom stereocenters. The van der Waals surface area contributed by atoms with Crippen molar-refractivity contribution in [3.63, 3.8) is 0 Å². The van der Waals surface area contributed by atoms with Gasteiger partial charge in [-0.05, 0) is 54.8 Å². The molecular formula is C19H17Cl2N5O4S. The van der Waals surface area contributed by atoms with E-state index in [1.807, 2.05) is 0 Å². The average molecular weight is 482 g/mol. The van der Waals surface area contributed by atoms with E-state index in [0.29, 0.717) is 34.3 Å². The standard InChI is InChI=1S/C19H17Cl2N5O4S/c20-13-1-4-17(15(21)9-13)30-6-5-11-7-12-8-14(2-3-16(12)24-18(11)27)31(28,29)26-19-22-10-23-25-19/h1-4,8-11H,5-7H2,(H,24,27)(H2,22,23,25,26). The summed E-state index contributed by atoms with van der Waals surface area (Å²) < 4.78 is 33.2. The number of rotatable bonds is 7. The number of fused-ring (bicyclic) bond motifs is 1. The molecule has 1 aliphatic heterocycles. The minimum absolute atomic E-state index is 0.0157. The first-order valence-corrected chi connectivity index (χ1v) is 11.5. The van der Waals surface area contributed by atoms with Crippen LogP contribution in [0.1, 0.15) is 12.0 Å². The van der Waals surface area contributed by atoms with Gasteiger partial charge in [0, 0.05) is 16.6 Å². The molecule has 0 fully saturated rings. The fourth-order valence-electron chi connectivity index (χ4n) is 3.20. The highest BCUT2D eigenvalue weighted by Gasteiger charge is 2.28. The van der Waals surface area contributed by atoms with Gasteiger partial charge in [-0.2, -0.15) is 10.1 Å². The van der Waals surface area contributed by atoms with Crippen molar-refractivity contribution in [2.24, 2.45) is 5.92 Å². The third kappa shape index (κ3) is 4.92. The number of anilines is 2. The number of hydrogen-bond donors (Lipinski definition) is 3. The number of carbonyl (C=O) groups is 1. The zero-order chi connectivity index (χ0) is 22.0. The molecule has 2 heterocycles. The number of carbonyl (C=O) groups excluding carboxylic acids is 1. The Kier molecular flexibility index (Phi) is 6.03. The number of halogens is 2. The number of ether oxygens (including phenoxy) is 1. The van der Waals surface area contributed by atoms with Gasteiger partial charge in [-0.25, -0.2) is 18.2 Å². The van der Waals surface area contributed by atoms with Crippen molar-refractivity contribution in [2.45, 2.75) is 17.7 Å². The smallest absolute Gasteiger partial charge is 0.264 e. The lowest BCUT2D eigenvalue weighted by molar-refractivity contribution is -0.120. The van der Waals surface area contributed by atoms with Gasteiger partial charge in [-0.1, -0.05) is 23.2 Å². The van der Waals surface area contributed by atoms with Gasteiger partial charge in [0.15, 0.2) is 0 Å². The first kappa shape index (κ1) is 21.4. The molecule has 31 heavy (non-hydrogen) atoms. The molecule has 4 rings (SSSR count). The van der Waals surface area contributed by atoms with Gasteiger partial charge in [0.05, 0.1) is 16.5 Å². The van der Waals surface area contributed by atoms with E-state index in [1.54, 1.807) is 24.3 Å². The first-order chi connectivity index (χ1) is 14.8. The third-order valence-electron chi connectivity index (χ3n) is 4.75. The van der Waals surface area contributed by atoms with Crippen LogP contribution in [0.3, 0.4) is 0 Å². The van der Waals surface area contributed by atoms with Crippen molar-refractivity contribution in [1.29, 1.82) is 0 Å². The zero-order valence-corrected chi connectivity index (χ0v) is 18.3. The molecule has 162 valence electrons. The summed E-state index contributed by atoms with van der Waals surface area (Å²) in [5, 5.41) is 9.77. The molecule has 3 aromatic rings. The molecule has 0 spiro atoms. The Hall–Kier alpha value is -2.82. The topological polar surface area (TPSA) is 126 Å². The van der Waals surface area contributed by atoms with Crippen LogP contribution < -0.4 is 14.8 Å². The van der Waals surface area contributed by atoms with E-state index in [-0.39, 0.29) is 29.3 Å². The Bertz CT molecular complexity index is 1220. The van der Waals surface area contributed by atoms with Gasteiger partial charge in [0.1, 0.15) is 12.1 Å². The van der Waals surface area contributed by atoms with Crippen LogP contribution in [0, 0.1) is 5.92 Å². The molecule has 2 aromatic carbocycles. The minimum Gasteiger partial charge on any atom is -0.492 e. The Morgan fingerprint density at radius 2 is 2.03 bits per heavy atom. The Balaban J connectivity index is 1.44. The summed E-state index contributed by atoms with van der Waals surface area (Å²) in [5.41, 5.74) is 1.30. The lowest BCUT2D eigenvalue weighted by Crippen LogP contribution is -2.31. The summed E-state index contributed by atoms with van der Waals surface area (Å²) in [4.78, 5) is 16.3. The Labute approximate surface area is 188 Å². The van der Waals surface area contributed by atoms with E-state index in [4.69, 9.17) is 27.9 Å². The lowest BCUT2D eigenvalue weighted by atomic mass is 9.91. The predicted octanol–water partition coefficient (Wildman–Crippen LogP) is 3.49. The number of H-pyrrole nitrogens is 1. The first-order valence-electron chi connectivity index (χ1n) is 9.21. The van der Waals surface area contributed by atoms with Crippen LogP contribution in [0.15, 0.2) is 47.6 Å². The number of nitrogens with zero attached hydrogens (tertiary/aromatic N) is 2. The van der Waals surface area contributed by atoms with Gasteiger partial charge >= 0.3 is 0 Å². The predicted molar refractivity (Wildman–Crippen MR) is 116 cm³/mol. The van der Waals surface area contributed by atoms with Gasteiger partial charge in [0.25, 0.3) is 10.0 Å². The number of aromatic nitrogens is 3. The number of hydrogen-bond acceptors (Lipinski definition) is 6. The largest absolute Gasteiger partial charge is 0.492 e. The highest BCUT2D eigenvalue weighted by Crippen LogP contribution is 2.31. The molecule has 1 atom stereocenters. The number of nitrogens with one attached hydrogen (secondary N) is 3. The summed E-state index contributed by atoms with van der Waals surface area (Å²) in [6.45, 7) is 0.264. The maximum atomic E-state index is 12.6. The van der Waals surface area contributed by atoms with Crippen molar-refractivity contribution < 1.29 is 17.9 Å². The highest BCUT2D eigenvalue weighted by atomic mass is 35.5. The quantitative estimate of drug-likeness (QED) is 0.473.